The van der Waals surface area contributed by atoms with E-state index in [0.29, 0.717) is 17.1 Å². The van der Waals surface area contributed by atoms with E-state index in [1.165, 1.54) is 24.3 Å². The Labute approximate surface area is 136 Å². The molecule has 24 heavy (non-hydrogen) atoms. The summed E-state index contributed by atoms with van der Waals surface area (Å²) in [7, 11) is 1.57. The maximum atomic E-state index is 12.3. The van der Waals surface area contributed by atoms with Gasteiger partial charge >= 0.3 is 6.61 Å². The minimum atomic E-state index is -2.88. The number of methoxy groups -OCH3 is 1. The summed E-state index contributed by atoms with van der Waals surface area (Å²) in [6.45, 7) is -2.88. The number of alkyl halides is 2. The van der Waals surface area contributed by atoms with Crippen LogP contribution in [0.5, 0.6) is 11.5 Å². The van der Waals surface area contributed by atoms with Crippen LogP contribution >= 0.6 is 0 Å². The number of ether oxygens (including phenoxy) is 2. The highest BCUT2D eigenvalue weighted by Crippen LogP contribution is 2.22. The third-order valence-corrected chi connectivity index (χ3v) is 3.41. The number of nitrogens with one attached hydrogen (secondary N) is 2. The lowest BCUT2D eigenvalue weighted by Gasteiger charge is -2.06. The zero-order valence-corrected chi connectivity index (χ0v) is 12.7. The Hall–Kier alpha value is -3.09. The minimum Gasteiger partial charge on any atom is -0.497 e. The molecule has 3 rings (SSSR count). The molecule has 5 nitrogen and oxygen atoms in total. The lowest BCUT2D eigenvalue weighted by Crippen LogP contribution is -2.12. The van der Waals surface area contributed by atoms with Crippen molar-refractivity contribution in [2.24, 2.45) is 0 Å². The van der Waals surface area contributed by atoms with Crippen molar-refractivity contribution in [1.29, 1.82) is 0 Å². The molecule has 0 aliphatic heterocycles. The number of hydrogen-bond acceptors (Lipinski definition) is 3. The van der Waals surface area contributed by atoms with Gasteiger partial charge in [0, 0.05) is 22.7 Å². The average Bonchev–Trinajstić information content (AvgIpc) is 2.99. The van der Waals surface area contributed by atoms with Crippen LogP contribution in [0.2, 0.25) is 0 Å². The monoisotopic (exact) mass is 332 g/mol. The first-order valence-electron chi connectivity index (χ1n) is 7.08. The largest absolute Gasteiger partial charge is 0.497 e. The molecule has 0 unspecified atom stereocenters. The number of aromatic amines is 1. The maximum absolute atomic E-state index is 12.3. The van der Waals surface area contributed by atoms with Crippen molar-refractivity contribution in [2.75, 3.05) is 12.4 Å². The molecule has 0 bridgehead atoms. The van der Waals surface area contributed by atoms with Crippen molar-refractivity contribution in [2.45, 2.75) is 6.61 Å². The summed E-state index contributed by atoms with van der Waals surface area (Å²) < 4.78 is 33.6. The Bertz CT molecular complexity index is 860. The number of fused-ring (bicyclic) bond motifs is 1. The van der Waals surface area contributed by atoms with Gasteiger partial charge in [-0.05, 0) is 42.5 Å². The highest BCUT2D eigenvalue weighted by Gasteiger charge is 2.11. The molecular weight excluding hydrogens is 318 g/mol. The standard InChI is InChI=1S/C17H14F2N2O3/c1-23-13-5-2-10-8-15(21-14(10)9-13)16(22)20-11-3-6-12(7-4-11)24-17(18)19/h2-9,17,21H,1H3,(H,20,22). The number of rotatable bonds is 5. The number of hydrogen-bond donors (Lipinski definition) is 2. The Balaban J connectivity index is 1.74. The summed E-state index contributed by atoms with van der Waals surface area (Å²) in [6.07, 6.45) is 0. The fourth-order valence-electron chi connectivity index (χ4n) is 2.27. The molecule has 3 aromatic rings. The smallest absolute Gasteiger partial charge is 0.387 e. The van der Waals surface area contributed by atoms with Crippen LogP contribution in [0.15, 0.2) is 48.5 Å². The van der Waals surface area contributed by atoms with Crippen molar-refractivity contribution >= 4 is 22.5 Å². The first-order chi connectivity index (χ1) is 11.5. The Morgan fingerprint density at radius 1 is 1.08 bits per heavy atom. The Morgan fingerprint density at radius 3 is 2.46 bits per heavy atom. The van der Waals surface area contributed by atoms with Crippen molar-refractivity contribution in [3.63, 3.8) is 0 Å². The number of carbonyl (C=O) groups excluding carboxylic acids is 1. The molecule has 1 heterocycles. The van der Waals surface area contributed by atoms with Crippen LogP contribution in [-0.2, 0) is 0 Å². The van der Waals surface area contributed by atoms with Crippen LogP contribution < -0.4 is 14.8 Å². The van der Waals surface area contributed by atoms with Crippen molar-refractivity contribution < 1.29 is 23.0 Å². The Kier molecular flexibility index (Phi) is 4.33. The van der Waals surface area contributed by atoms with Gasteiger partial charge in [0.05, 0.1) is 7.11 Å². The lowest BCUT2D eigenvalue weighted by atomic mass is 10.2. The van der Waals surface area contributed by atoms with E-state index in [0.717, 1.165) is 10.9 Å². The van der Waals surface area contributed by atoms with E-state index < -0.39 is 6.61 Å². The van der Waals surface area contributed by atoms with E-state index >= 15 is 0 Å². The summed E-state index contributed by atoms with van der Waals surface area (Å²) in [6, 6.07) is 12.9. The third-order valence-electron chi connectivity index (χ3n) is 3.41. The van der Waals surface area contributed by atoms with Crippen molar-refractivity contribution in [3.8, 4) is 11.5 Å². The summed E-state index contributed by atoms with van der Waals surface area (Å²) in [5, 5.41) is 3.56. The van der Waals surface area contributed by atoms with Gasteiger partial charge in [0.15, 0.2) is 0 Å². The number of anilines is 1. The highest BCUT2D eigenvalue weighted by atomic mass is 19.3. The molecule has 7 heteroatoms. The molecule has 2 N–H and O–H groups in total. The predicted molar refractivity (Wildman–Crippen MR) is 85.9 cm³/mol. The molecule has 1 aromatic heterocycles. The Morgan fingerprint density at radius 2 is 1.79 bits per heavy atom. The first kappa shape index (κ1) is 15.8. The topological polar surface area (TPSA) is 63.4 Å². The molecule has 0 atom stereocenters. The van der Waals surface area contributed by atoms with Crippen molar-refractivity contribution in [3.05, 3.63) is 54.2 Å². The second-order valence-corrected chi connectivity index (χ2v) is 4.99. The molecule has 0 radical (unpaired) electrons. The van der Waals surface area contributed by atoms with E-state index in [1.54, 1.807) is 25.3 Å². The fraction of sp³-hybridized carbons (Fsp3) is 0.118. The molecule has 0 aliphatic rings. The van der Waals surface area contributed by atoms with E-state index in [4.69, 9.17) is 4.74 Å². The molecule has 0 saturated heterocycles. The molecule has 2 aromatic carbocycles. The van der Waals surface area contributed by atoms with Crippen molar-refractivity contribution in [1.82, 2.24) is 4.98 Å². The van der Waals surface area contributed by atoms with Crippen LogP contribution in [0.4, 0.5) is 14.5 Å². The maximum Gasteiger partial charge on any atom is 0.387 e. The number of amides is 1. The molecule has 124 valence electrons. The molecular formula is C17H14F2N2O3. The van der Waals surface area contributed by atoms with E-state index in [2.05, 4.69) is 15.0 Å². The van der Waals surface area contributed by atoms with Gasteiger partial charge < -0.3 is 19.8 Å². The third kappa shape index (κ3) is 3.45. The van der Waals surface area contributed by atoms with Crippen LogP contribution in [0.1, 0.15) is 10.5 Å². The molecule has 0 saturated carbocycles. The molecule has 0 fully saturated rings. The van der Waals surface area contributed by atoms with Gasteiger partial charge in [-0.1, -0.05) is 0 Å². The predicted octanol–water partition coefficient (Wildman–Crippen LogP) is 4.03. The normalized spacial score (nSPS) is 10.8. The zero-order valence-electron chi connectivity index (χ0n) is 12.7. The lowest BCUT2D eigenvalue weighted by molar-refractivity contribution is -0.0498. The number of benzene rings is 2. The highest BCUT2D eigenvalue weighted by molar-refractivity contribution is 6.06. The molecule has 0 aliphatic carbocycles. The van der Waals surface area contributed by atoms with E-state index in [1.807, 2.05) is 6.07 Å². The van der Waals surface area contributed by atoms with Gasteiger partial charge in [-0.15, -0.1) is 0 Å². The van der Waals surface area contributed by atoms with Crippen LogP contribution in [0, 0.1) is 0 Å². The van der Waals surface area contributed by atoms with E-state index in [-0.39, 0.29) is 11.7 Å². The van der Waals surface area contributed by atoms with Gasteiger partial charge in [0.2, 0.25) is 0 Å². The molecule has 1 amide bonds. The van der Waals surface area contributed by atoms with Gasteiger partial charge in [-0.3, -0.25) is 4.79 Å². The second-order valence-electron chi connectivity index (χ2n) is 4.99. The van der Waals surface area contributed by atoms with Gasteiger partial charge in [-0.2, -0.15) is 8.78 Å². The summed E-state index contributed by atoms with van der Waals surface area (Å²) in [4.78, 5) is 15.3. The molecule has 0 spiro atoms. The second kappa shape index (κ2) is 6.57. The minimum absolute atomic E-state index is 0.0284. The van der Waals surface area contributed by atoms with Crippen LogP contribution in [-0.4, -0.2) is 24.6 Å². The zero-order chi connectivity index (χ0) is 17.1. The SMILES string of the molecule is COc1ccc2cc(C(=O)Nc3ccc(OC(F)F)cc3)[nH]c2c1. The fourth-order valence-corrected chi connectivity index (χ4v) is 2.27. The first-order valence-corrected chi connectivity index (χ1v) is 7.08. The number of carbonyl (C=O) groups is 1. The van der Waals surface area contributed by atoms with E-state index in [9.17, 15) is 13.6 Å². The van der Waals surface area contributed by atoms with Crippen LogP contribution in [0.3, 0.4) is 0 Å². The van der Waals surface area contributed by atoms with Crippen LogP contribution in [0.25, 0.3) is 10.9 Å². The van der Waals surface area contributed by atoms with Gasteiger partial charge in [0.1, 0.15) is 17.2 Å². The average molecular weight is 332 g/mol. The number of aromatic nitrogens is 1. The summed E-state index contributed by atoms with van der Waals surface area (Å²) >= 11 is 0. The summed E-state index contributed by atoms with van der Waals surface area (Å²) in [5.74, 6) is 0.374. The quantitative estimate of drug-likeness (QED) is 0.741. The summed E-state index contributed by atoms with van der Waals surface area (Å²) in [5.41, 5.74) is 1.63. The van der Waals surface area contributed by atoms with Gasteiger partial charge in [0.25, 0.3) is 5.91 Å². The van der Waals surface area contributed by atoms with Gasteiger partial charge in [-0.25, -0.2) is 0 Å². The number of H-pyrrole nitrogens is 1. The number of halogens is 2.